The summed E-state index contributed by atoms with van der Waals surface area (Å²) in [7, 11) is -3.97. The Balaban J connectivity index is 1.91. The molecule has 0 unspecified atom stereocenters. The molecule has 1 amide bonds. The van der Waals surface area contributed by atoms with Crippen LogP contribution in [0.2, 0.25) is 0 Å². The highest BCUT2D eigenvalue weighted by atomic mass is 32.2. The Hall–Kier alpha value is -3.24. The second-order valence-electron chi connectivity index (χ2n) is 6.80. The Morgan fingerprint density at radius 3 is 2.39 bits per heavy atom. The van der Waals surface area contributed by atoms with Gasteiger partial charge in [-0.25, -0.2) is 8.42 Å². The van der Waals surface area contributed by atoms with E-state index in [2.05, 4.69) is 16.6 Å². The lowest BCUT2D eigenvalue weighted by molar-refractivity contribution is -0.141. The second-order valence-corrected chi connectivity index (χ2v) is 8.57. The molecule has 2 aromatic rings. The molecule has 10 heteroatoms. The van der Waals surface area contributed by atoms with Gasteiger partial charge in [0, 0.05) is 36.1 Å². The summed E-state index contributed by atoms with van der Waals surface area (Å²) in [6.45, 7) is 8.10. The van der Waals surface area contributed by atoms with Gasteiger partial charge in [-0.15, -0.1) is 6.58 Å². The molecule has 0 aliphatic rings. The SMILES string of the molecule is C=CCn1c(C)cc(C(=O)COC(=O)CNS(=O)(=O)c2ccc(NC(C)=O)cc2)c1C. The molecule has 0 bridgehead atoms. The van der Waals surface area contributed by atoms with Crippen LogP contribution in [0.25, 0.3) is 0 Å². The number of carbonyl (C=O) groups is 3. The molecule has 1 aromatic carbocycles. The number of benzene rings is 1. The minimum Gasteiger partial charge on any atom is -0.456 e. The zero-order valence-electron chi connectivity index (χ0n) is 17.6. The van der Waals surface area contributed by atoms with Gasteiger partial charge in [-0.3, -0.25) is 14.4 Å². The molecule has 0 atom stereocenters. The number of carbonyl (C=O) groups excluding carboxylic acids is 3. The fraction of sp³-hybridized carbons (Fsp3) is 0.286. The lowest BCUT2D eigenvalue weighted by Gasteiger charge is -2.09. The summed E-state index contributed by atoms with van der Waals surface area (Å²) in [5.74, 6) is -1.55. The molecular formula is C21H25N3O6S. The van der Waals surface area contributed by atoms with Gasteiger partial charge in [0.15, 0.2) is 6.61 Å². The summed E-state index contributed by atoms with van der Waals surface area (Å²) in [6.07, 6.45) is 1.72. The van der Waals surface area contributed by atoms with Crippen molar-refractivity contribution >= 4 is 33.4 Å². The predicted molar refractivity (Wildman–Crippen MR) is 115 cm³/mol. The van der Waals surface area contributed by atoms with Crippen LogP contribution in [0.5, 0.6) is 0 Å². The van der Waals surface area contributed by atoms with E-state index >= 15 is 0 Å². The number of sulfonamides is 1. The first-order valence-corrected chi connectivity index (χ1v) is 10.9. The summed E-state index contributed by atoms with van der Waals surface area (Å²) in [6, 6.07) is 7.15. The number of allylic oxidation sites excluding steroid dienone is 1. The molecule has 9 nitrogen and oxygen atoms in total. The summed E-state index contributed by atoms with van der Waals surface area (Å²) < 4.78 is 33.5. The zero-order chi connectivity index (χ0) is 23.2. The van der Waals surface area contributed by atoms with Gasteiger partial charge in [-0.1, -0.05) is 6.08 Å². The number of nitrogens with one attached hydrogen (secondary N) is 2. The Morgan fingerprint density at radius 1 is 1.16 bits per heavy atom. The highest BCUT2D eigenvalue weighted by Gasteiger charge is 2.19. The lowest BCUT2D eigenvalue weighted by atomic mass is 10.1. The average Bonchev–Trinajstić information content (AvgIpc) is 2.99. The second kappa shape index (κ2) is 10.2. The molecule has 31 heavy (non-hydrogen) atoms. The number of nitrogens with zero attached hydrogens (tertiary/aromatic N) is 1. The number of ether oxygens (including phenoxy) is 1. The van der Waals surface area contributed by atoms with Gasteiger partial charge < -0.3 is 14.6 Å². The van der Waals surface area contributed by atoms with E-state index in [0.29, 0.717) is 17.8 Å². The fourth-order valence-electron chi connectivity index (χ4n) is 2.93. The van der Waals surface area contributed by atoms with Gasteiger partial charge in [0.05, 0.1) is 4.90 Å². The number of anilines is 1. The third kappa shape index (κ3) is 6.37. The van der Waals surface area contributed by atoms with Gasteiger partial charge in [0.2, 0.25) is 21.7 Å². The maximum Gasteiger partial charge on any atom is 0.321 e. The molecule has 0 aliphatic carbocycles. The topological polar surface area (TPSA) is 124 Å². The number of hydrogen-bond acceptors (Lipinski definition) is 6. The van der Waals surface area contributed by atoms with E-state index in [1.165, 1.54) is 31.2 Å². The van der Waals surface area contributed by atoms with Crippen molar-refractivity contribution in [3.8, 4) is 0 Å². The molecular weight excluding hydrogens is 422 g/mol. The molecule has 0 spiro atoms. The van der Waals surface area contributed by atoms with Crippen LogP contribution in [-0.4, -0.2) is 43.8 Å². The summed E-state index contributed by atoms with van der Waals surface area (Å²) in [4.78, 5) is 35.2. The molecule has 2 N–H and O–H groups in total. The molecule has 0 saturated heterocycles. The lowest BCUT2D eigenvalue weighted by Crippen LogP contribution is -2.31. The zero-order valence-corrected chi connectivity index (χ0v) is 18.4. The number of hydrogen-bond donors (Lipinski definition) is 2. The normalized spacial score (nSPS) is 11.1. The number of aryl methyl sites for hydroxylation is 1. The van der Waals surface area contributed by atoms with Gasteiger partial charge in [0.1, 0.15) is 6.54 Å². The van der Waals surface area contributed by atoms with E-state index in [-0.39, 0.29) is 16.6 Å². The first-order valence-electron chi connectivity index (χ1n) is 9.39. The van der Waals surface area contributed by atoms with Crippen LogP contribution >= 0.6 is 0 Å². The van der Waals surface area contributed by atoms with Gasteiger partial charge in [0.25, 0.3) is 0 Å². The largest absolute Gasteiger partial charge is 0.456 e. The van der Waals surface area contributed by atoms with Crippen LogP contribution in [-0.2, 0) is 30.9 Å². The van der Waals surface area contributed by atoms with Crippen molar-refractivity contribution < 1.29 is 27.5 Å². The van der Waals surface area contributed by atoms with Crippen molar-refractivity contribution in [3.05, 3.63) is 59.9 Å². The van der Waals surface area contributed by atoms with Crippen LogP contribution in [0, 0.1) is 13.8 Å². The van der Waals surface area contributed by atoms with Gasteiger partial charge in [-0.2, -0.15) is 4.72 Å². The molecule has 166 valence electrons. The molecule has 2 rings (SSSR count). The van der Waals surface area contributed by atoms with Crippen molar-refractivity contribution in [3.63, 3.8) is 0 Å². The van der Waals surface area contributed by atoms with Crippen molar-refractivity contribution in [2.75, 3.05) is 18.5 Å². The molecule has 0 radical (unpaired) electrons. The van der Waals surface area contributed by atoms with Crippen LogP contribution in [0.3, 0.4) is 0 Å². The summed E-state index contributed by atoms with van der Waals surface area (Å²) >= 11 is 0. The van der Waals surface area contributed by atoms with Crippen LogP contribution in [0.1, 0.15) is 28.7 Å². The number of amides is 1. The minimum atomic E-state index is -3.97. The Bertz CT molecular complexity index is 1100. The van der Waals surface area contributed by atoms with Crippen LogP contribution in [0.4, 0.5) is 5.69 Å². The van der Waals surface area contributed by atoms with E-state index in [1.54, 1.807) is 19.1 Å². The highest BCUT2D eigenvalue weighted by Crippen LogP contribution is 2.16. The van der Waals surface area contributed by atoms with Crippen LogP contribution < -0.4 is 10.0 Å². The monoisotopic (exact) mass is 447 g/mol. The molecule has 0 saturated carbocycles. The number of rotatable bonds is 10. The first kappa shape index (κ1) is 24.0. The van der Waals surface area contributed by atoms with Crippen LogP contribution in [0.15, 0.2) is 47.9 Å². The molecule has 0 aliphatic heterocycles. The Morgan fingerprint density at radius 2 is 1.81 bits per heavy atom. The quantitative estimate of drug-likeness (QED) is 0.326. The average molecular weight is 448 g/mol. The smallest absolute Gasteiger partial charge is 0.321 e. The Kier molecular flexibility index (Phi) is 7.89. The van der Waals surface area contributed by atoms with E-state index in [1.807, 2.05) is 11.5 Å². The standard InChI is InChI=1S/C21H25N3O6S/c1-5-10-24-14(2)11-19(15(24)3)20(26)13-30-21(27)12-22-31(28,29)18-8-6-17(7-9-18)23-16(4)25/h5-9,11,22H,1,10,12-13H2,2-4H3,(H,23,25). The van der Waals surface area contributed by atoms with Crippen molar-refractivity contribution in [1.29, 1.82) is 0 Å². The summed E-state index contributed by atoms with van der Waals surface area (Å²) in [5.41, 5.74) is 2.50. The fourth-order valence-corrected chi connectivity index (χ4v) is 3.90. The predicted octanol–water partition coefficient (Wildman–Crippen LogP) is 1.95. The first-order chi connectivity index (χ1) is 14.5. The summed E-state index contributed by atoms with van der Waals surface area (Å²) in [5, 5.41) is 2.52. The maximum atomic E-state index is 12.4. The maximum absolute atomic E-state index is 12.4. The van der Waals surface area contributed by atoms with E-state index in [0.717, 1.165) is 11.4 Å². The number of ketones is 1. The van der Waals surface area contributed by atoms with Crippen molar-refractivity contribution in [2.24, 2.45) is 0 Å². The third-order valence-corrected chi connectivity index (χ3v) is 5.86. The molecule has 1 aromatic heterocycles. The number of Topliss-reactive ketones (excluding diaryl/α,β-unsaturated/α-hetero) is 1. The number of esters is 1. The van der Waals surface area contributed by atoms with Gasteiger partial charge >= 0.3 is 5.97 Å². The van der Waals surface area contributed by atoms with E-state index < -0.39 is 29.1 Å². The Labute approximate surface area is 181 Å². The van der Waals surface area contributed by atoms with E-state index in [9.17, 15) is 22.8 Å². The van der Waals surface area contributed by atoms with Gasteiger partial charge in [-0.05, 0) is 44.2 Å². The van der Waals surface area contributed by atoms with Crippen molar-refractivity contribution in [1.82, 2.24) is 9.29 Å². The molecule has 0 fully saturated rings. The van der Waals surface area contributed by atoms with Crippen molar-refractivity contribution in [2.45, 2.75) is 32.2 Å². The number of aromatic nitrogens is 1. The minimum absolute atomic E-state index is 0.0832. The van der Waals surface area contributed by atoms with E-state index in [4.69, 9.17) is 4.74 Å². The third-order valence-electron chi connectivity index (χ3n) is 4.44. The highest BCUT2D eigenvalue weighted by molar-refractivity contribution is 7.89. The molecule has 1 heterocycles.